The van der Waals surface area contributed by atoms with Crippen molar-refractivity contribution >= 4 is 23.4 Å². The molecule has 0 atom stereocenters. The zero-order valence-corrected chi connectivity index (χ0v) is 22.4. The molecule has 208 valence electrons. The first-order valence-electron chi connectivity index (χ1n) is 12.8. The fraction of sp³-hybridized carbons (Fsp3) is 0.233. The van der Waals surface area contributed by atoms with Crippen molar-refractivity contribution in [3.8, 4) is 16.8 Å². The lowest BCUT2D eigenvalue weighted by Gasteiger charge is -2.23. The lowest BCUT2D eigenvalue weighted by Crippen LogP contribution is -2.41. The van der Waals surface area contributed by atoms with Gasteiger partial charge in [0.2, 0.25) is 5.91 Å². The summed E-state index contributed by atoms with van der Waals surface area (Å²) in [7, 11) is 0. The Labute approximate surface area is 230 Å². The van der Waals surface area contributed by atoms with Crippen molar-refractivity contribution < 1.29 is 22.8 Å². The Kier molecular flexibility index (Phi) is 8.57. The smallest absolute Gasteiger partial charge is 0.315 e. The summed E-state index contributed by atoms with van der Waals surface area (Å²) in [5.41, 5.74) is 2.72. The van der Waals surface area contributed by atoms with Crippen LogP contribution in [0.1, 0.15) is 30.2 Å². The monoisotopic (exact) mass is 549 g/mol. The van der Waals surface area contributed by atoms with E-state index in [0.29, 0.717) is 17.9 Å². The molecule has 0 aliphatic heterocycles. The molecular formula is C30H30F3N5O2. The van der Waals surface area contributed by atoms with Crippen molar-refractivity contribution in [3.05, 3.63) is 95.7 Å². The molecule has 0 aliphatic rings. The number of carbonyl (C=O) groups is 2. The third kappa shape index (κ3) is 6.51. The third-order valence-electron chi connectivity index (χ3n) is 6.25. The van der Waals surface area contributed by atoms with Crippen molar-refractivity contribution in [2.24, 2.45) is 0 Å². The summed E-state index contributed by atoms with van der Waals surface area (Å²) in [5, 5.41) is 9.92. The van der Waals surface area contributed by atoms with Gasteiger partial charge in [-0.05, 0) is 50.1 Å². The Hall–Kier alpha value is -4.60. The number of anilines is 2. The first-order valence-corrected chi connectivity index (χ1v) is 12.8. The quantitative estimate of drug-likeness (QED) is 0.247. The van der Waals surface area contributed by atoms with Gasteiger partial charge in [0.15, 0.2) is 0 Å². The van der Waals surface area contributed by atoms with Crippen LogP contribution in [-0.4, -0.2) is 39.7 Å². The number of halogens is 3. The van der Waals surface area contributed by atoms with E-state index in [1.165, 1.54) is 23.1 Å². The van der Waals surface area contributed by atoms with Gasteiger partial charge in [-0.3, -0.25) is 4.79 Å². The summed E-state index contributed by atoms with van der Waals surface area (Å²) in [6.45, 7) is 5.41. The first-order chi connectivity index (χ1) is 19.1. The van der Waals surface area contributed by atoms with Crippen molar-refractivity contribution in [2.45, 2.75) is 33.4 Å². The topological polar surface area (TPSA) is 79.3 Å². The van der Waals surface area contributed by atoms with Gasteiger partial charge in [0.1, 0.15) is 12.4 Å². The van der Waals surface area contributed by atoms with Crippen LogP contribution < -0.4 is 10.6 Å². The van der Waals surface area contributed by atoms with Crippen LogP contribution in [-0.2, 0) is 11.0 Å². The Morgan fingerprint density at radius 2 is 1.55 bits per heavy atom. The molecule has 0 saturated carbocycles. The highest BCUT2D eigenvalue weighted by atomic mass is 19.4. The summed E-state index contributed by atoms with van der Waals surface area (Å²) in [6, 6.07) is 21.1. The average Bonchev–Trinajstić information content (AvgIpc) is 3.24. The number of para-hydroxylation sites is 1. The molecule has 1 heterocycles. The number of amides is 3. The minimum Gasteiger partial charge on any atom is -0.315 e. The Morgan fingerprint density at radius 3 is 2.20 bits per heavy atom. The maximum Gasteiger partial charge on any atom is 0.418 e. The number of nitrogens with one attached hydrogen (secondary N) is 2. The molecule has 4 rings (SSSR count). The molecular weight excluding hydrogens is 519 g/mol. The van der Waals surface area contributed by atoms with Gasteiger partial charge in [0.25, 0.3) is 0 Å². The molecule has 40 heavy (non-hydrogen) atoms. The lowest BCUT2D eigenvalue weighted by atomic mass is 10.1. The normalized spacial score (nSPS) is 11.2. The number of rotatable bonds is 8. The molecule has 4 aromatic rings. The average molecular weight is 550 g/mol. The van der Waals surface area contributed by atoms with Crippen molar-refractivity contribution in [3.63, 3.8) is 0 Å². The zero-order chi connectivity index (χ0) is 28.9. The molecule has 0 aliphatic carbocycles. The zero-order valence-electron chi connectivity index (χ0n) is 22.4. The molecule has 2 N–H and O–H groups in total. The summed E-state index contributed by atoms with van der Waals surface area (Å²) in [6.07, 6.45) is -4.14. The second-order valence-electron chi connectivity index (χ2n) is 9.37. The summed E-state index contributed by atoms with van der Waals surface area (Å²) < 4.78 is 42.0. The van der Waals surface area contributed by atoms with E-state index in [4.69, 9.17) is 0 Å². The van der Waals surface area contributed by atoms with Crippen LogP contribution in [0, 0.1) is 13.8 Å². The Bertz CT molecular complexity index is 1480. The number of nitrogens with zero attached hydrogens (tertiary/aromatic N) is 3. The summed E-state index contributed by atoms with van der Waals surface area (Å²) in [4.78, 5) is 27.6. The predicted molar refractivity (Wildman–Crippen MR) is 149 cm³/mol. The number of aryl methyl sites for hydroxylation is 2. The molecule has 0 spiro atoms. The first kappa shape index (κ1) is 28.4. The van der Waals surface area contributed by atoms with Gasteiger partial charge >= 0.3 is 12.2 Å². The second-order valence-corrected chi connectivity index (χ2v) is 9.37. The van der Waals surface area contributed by atoms with Crippen molar-refractivity contribution in [1.82, 2.24) is 14.7 Å². The molecule has 0 fully saturated rings. The largest absolute Gasteiger partial charge is 0.418 e. The number of hydrogen-bond acceptors (Lipinski definition) is 3. The highest BCUT2D eigenvalue weighted by Crippen LogP contribution is 2.35. The molecule has 0 radical (unpaired) electrons. The number of carbonyl (C=O) groups excluding carboxylic acids is 2. The van der Waals surface area contributed by atoms with Gasteiger partial charge in [-0.1, -0.05) is 67.1 Å². The molecule has 0 unspecified atom stereocenters. The Balaban J connectivity index is 1.62. The van der Waals surface area contributed by atoms with Crippen LogP contribution in [0.3, 0.4) is 0 Å². The van der Waals surface area contributed by atoms with E-state index < -0.39 is 23.7 Å². The van der Waals surface area contributed by atoms with Gasteiger partial charge in [0, 0.05) is 12.1 Å². The minimum atomic E-state index is -4.64. The molecule has 1 aromatic heterocycles. The highest BCUT2D eigenvalue weighted by molar-refractivity contribution is 5.99. The molecule has 10 heteroatoms. The number of hydrogen-bond donors (Lipinski definition) is 2. The van der Waals surface area contributed by atoms with Gasteiger partial charge in [-0.25, -0.2) is 9.48 Å². The van der Waals surface area contributed by atoms with E-state index in [0.717, 1.165) is 28.4 Å². The number of aromatic nitrogens is 2. The van der Waals surface area contributed by atoms with E-state index in [1.807, 2.05) is 75.4 Å². The van der Waals surface area contributed by atoms with Crippen molar-refractivity contribution in [2.75, 3.05) is 23.7 Å². The fourth-order valence-corrected chi connectivity index (χ4v) is 4.37. The van der Waals surface area contributed by atoms with E-state index in [-0.39, 0.29) is 18.8 Å². The Morgan fingerprint density at radius 1 is 0.900 bits per heavy atom. The number of benzene rings is 3. The van der Waals surface area contributed by atoms with Crippen LogP contribution in [0.2, 0.25) is 0 Å². The highest BCUT2D eigenvalue weighted by Gasteiger charge is 2.34. The van der Waals surface area contributed by atoms with E-state index in [2.05, 4.69) is 15.7 Å². The van der Waals surface area contributed by atoms with Crippen LogP contribution in [0.5, 0.6) is 0 Å². The second kappa shape index (κ2) is 12.1. The van der Waals surface area contributed by atoms with Gasteiger partial charge in [0.05, 0.1) is 22.6 Å². The SMILES string of the molecule is CCCN(CC(=O)Nc1c(-c2ccccc2)c(C)nn1-c1ccc(C)cc1)C(=O)Nc1ccccc1C(F)(F)F. The van der Waals surface area contributed by atoms with Crippen LogP contribution in [0.4, 0.5) is 29.5 Å². The molecule has 0 bridgehead atoms. The maximum atomic E-state index is 13.4. The van der Waals surface area contributed by atoms with Gasteiger partial charge < -0.3 is 15.5 Å². The number of urea groups is 1. The molecule has 0 saturated heterocycles. The summed E-state index contributed by atoms with van der Waals surface area (Å²) in [5.74, 6) is -0.0880. The van der Waals surface area contributed by atoms with E-state index in [9.17, 15) is 22.8 Å². The van der Waals surface area contributed by atoms with Crippen LogP contribution >= 0.6 is 0 Å². The fourth-order valence-electron chi connectivity index (χ4n) is 4.37. The summed E-state index contributed by atoms with van der Waals surface area (Å²) >= 11 is 0. The standard InChI is InChI=1S/C30H30F3N5O2/c1-4-18-37(29(40)34-25-13-9-8-12-24(25)30(31,32)33)19-26(39)35-28-27(22-10-6-5-7-11-22)21(3)36-38(28)23-16-14-20(2)15-17-23/h5-17H,4,18-19H2,1-3H3,(H,34,40)(H,35,39). The van der Waals surface area contributed by atoms with Gasteiger partial charge in [-0.2, -0.15) is 18.3 Å². The van der Waals surface area contributed by atoms with E-state index in [1.54, 1.807) is 4.68 Å². The molecule has 7 nitrogen and oxygen atoms in total. The minimum absolute atomic E-state index is 0.162. The van der Waals surface area contributed by atoms with Crippen molar-refractivity contribution in [1.29, 1.82) is 0 Å². The third-order valence-corrected chi connectivity index (χ3v) is 6.25. The predicted octanol–water partition coefficient (Wildman–Crippen LogP) is 7.06. The maximum absolute atomic E-state index is 13.4. The lowest BCUT2D eigenvalue weighted by molar-refractivity contribution is -0.137. The molecule has 3 aromatic carbocycles. The van der Waals surface area contributed by atoms with Crippen LogP contribution in [0.15, 0.2) is 78.9 Å². The van der Waals surface area contributed by atoms with E-state index >= 15 is 0 Å². The van der Waals surface area contributed by atoms with Crippen LogP contribution in [0.25, 0.3) is 16.8 Å². The molecule has 3 amide bonds. The van der Waals surface area contributed by atoms with Gasteiger partial charge in [-0.15, -0.1) is 0 Å². The number of alkyl halides is 3.